The summed E-state index contributed by atoms with van der Waals surface area (Å²) in [5.41, 5.74) is 1.64. The van der Waals surface area contributed by atoms with E-state index in [9.17, 15) is 4.79 Å². The van der Waals surface area contributed by atoms with E-state index in [1.807, 2.05) is 51.1 Å². The third-order valence-corrected chi connectivity index (χ3v) is 3.30. The highest BCUT2D eigenvalue weighted by Crippen LogP contribution is 2.25. The molecule has 1 heterocycles. The maximum Gasteiger partial charge on any atom is 0.171 e. The first-order chi connectivity index (χ1) is 10.1. The van der Waals surface area contributed by atoms with Gasteiger partial charge in [0.1, 0.15) is 5.75 Å². The van der Waals surface area contributed by atoms with E-state index in [1.54, 1.807) is 18.5 Å². The summed E-state index contributed by atoms with van der Waals surface area (Å²) >= 11 is 0. The molecule has 1 aromatic heterocycles. The lowest BCUT2D eigenvalue weighted by Gasteiger charge is -2.15. The molecule has 0 bridgehead atoms. The number of ketones is 1. The lowest BCUT2D eigenvalue weighted by molar-refractivity contribution is 0.0956. The molecule has 0 aliphatic carbocycles. The monoisotopic (exact) mass is 283 g/mol. The second-order valence-corrected chi connectivity index (χ2v) is 5.31. The second-order valence-electron chi connectivity index (χ2n) is 5.31. The van der Waals surface area contributed by atoms with E-state index >= 15 is 0 Å². The van der Waals surface area contributed by atoms with E-state index in [2.05, 4.69) is 4.98 Å². The molecule has 0 spiro atoms. The Hall–Kier alpha value is -2.16. The average Bonchev–Trinajstić information content (AvgIpc) is 2.48. The number of aromatic nitrogens is 1. The number of pyridine rings is 1. The molecule has 3 heteroatoms. The van der Waals surface area contributed by atoms with Crippen molar-refractivity contribution in [2.45, 2.75) is 39.2 Å². The van der Waals surface area contributed by atoms with Crippen LogP contribution in [0.4, 0.5) is 0 Å². The molecule has 110 valence electrons. The smallest absolute Gasteiger partial charge is 0.171 e. The van der Waals surface area contributed by atoms with E-state index in [-0.39, 0.29) is 17.8 Å². The van der Waals surface area contributed by atoms with Crippen LogP contribution in [0.2, 0.25) is 0 Å². The highest BCUT2D eigenvalue weighted by atomic mass is 16.5. The number of carbonyl (C=O) groups excluding carboxylic acids is 1. The molecule has 21 heavy (non-hydrogen) atoms. The molecular weight excluding hydrogens is 262 g/mol. The van der Waals surface area contributed by atoms with Crippen LogP contribution in [0, 0.1) is 0 Å². The maximum atomic E-state index is 12.7. The predicted octanol–water partition coefficient (Wildman–Crippen LogP) is 4.25. The van der Waals surface area contributed by atoms with Crippen molar-refractivity contribution >= 4 is 5.78 Å². The van der Waals surface area contributed by atoms with Crippen LogP contribution in [0.5, 0.6) is 5.75 Å². The Morgan fingerprint density at radius 1 is 1.19 bits per heavy atom. The minimum Gasteiger partial charge on any atom is -0.489 e. The van der Waals surface area contributed by atoms with E-state index < -0.39 is 0 Å². The first kappa shape index (κ1) is 15.2. The summed E-state index contributed by atoms with van der Waals surface area (Å²) in [6.07, 6.45) is 4.08. The normalized spacial score (nSPS) is 12.2. The van der Waals surface area contributed by atoms with Crippen LogP contribution in [-0.4, -0.2) is 16.9 Å². The zero-order valence-corrected chi connectivity index (χ0v) is 12.7. The van der Waals surface area contributed by atoms with Gasteiger partial charge in [0, 0.05) is 17.7 Å². The van der Waals surface area contributed by atoms with Gasteiger partial charge in [-0.2, -0.15) is 0 Å². The predicted molar refractivity (Wildman–Crippen MR) is 83.8 cm³/mol. The number of nitrogens with zero attached hydrogens (tertiary/aromatic N) is 1. The summed E-state index contributed by atoms with van der Waals surface area (Å²) in [4.78, 5) is 16.8. The zero-order chi connectivity index (χ0) is 15.2. The van der Waals surface area contributed by atoms with Crippen molar-refractivity contribution in [3.05, 3.63) is 59.9 Å². The number of rotatable bonds is 6. The summed E-state index contributed by atoms with van der Waals surface area (Å²) in [6.45, 7) is 5.93. The quantitative estimate of drug-likeness (QED) is 0.744. The van der Waals surface area contributed by atoms with Gasteiger partial charge in [0.2, 0.25) is 0 Å². The molecule has 0 saturated heterocycles. The lowest BCUT2D eigenvalue weighted by atomic mass is 9.89. The SMILES string of the molecule is CCC(C(=O)c1cncc(OC(C)C)c1)c1ccccc1. The van der Waals surface area contributed by atoms with Gasteiger partial charge in [-0.15, -0.1) is 0 Å². The van der Waals surface area contributed by atoms with Crippen molar-refractivity contribution in [2.75, 3.05) is 0 Å². The number of ether oxygens (including phenoxy) is 1. The van der Waals surface area contributed by atoms with Crippen LogP contribution in [0.1, 0.15) is 49.0 Å². The van der Waals surface area contributed by atoms with Gasteiger partial charge in [0.25, 0.3) is 0 Å². The number of Topliss-reactive ketones (excluding diaryl/α,β-unsaturated/α-hetero) is 1. The van der Waals surface area contributed by atoms with Crippen LogP contribution in [0.15, 0.2) is 48.8 Å². The number of carbonyl (C=O) groups is 1. The van der Waals surface area contributed by atoms with Gasteiger partial charge in [-0.3, -0.25) is 9.78 Å². The Morgan fingerprint density at radius 2 is 1.90 bits per heavy atom. The molecule has 1 aromatic carbocycles. The summed E-state index contributed by atoms with van der Waals surface area (Å²) in [6, 6.07) is 11.6. The second kappa shape index (κ2) is 7.02. The standard InChI is InChI=1S/C18H21NO2/c1-4-17(14-8-6-5-7-9-14)18(20)15-10-16(12-19-11-15)21-13(2)3/h5-13,17H,4H2,1-3H3. The zero-order valence-electron chi connectivity index (χ0n) is 12.7. The third kappa shape index (κ3) is 3.91. The Labute approximate surface area is 126 Å². The molecule has 2 aromatic rings. The van der Waals surface area contributed by atoms with E-state index in [4.69, 9.17) is 4.74 Å². The highest BCUT2D eigenvalue weighted by Gasteiger charge is 2.20. The van der Waals surface area contributed by atoms with Gasteiger partial charge in [-0.05, 0) is 31.9 Å². The molecule has 0 aliphatic heterocycles. The Morgan fingerprint density at radius 3 is 2.52 bits per heavy atom. The summed E-state index contributed by atoms with van der Waals surface area (Å²) in [5, 5.41) is 0. The van der Waals surface area contributed by atoms with Crippen LogP contribution in [0.3, 0.4) is 0 Å². The molecular formula is C18H21NO2. The number of hydrogen-bond donors (Lipinski definition) is 0. The Bertz CT molecular complexity index is 593. The van der Waals surface area contributed by atoms with Crippen LogP contribution >= 0.6 is 0 Å². The van der Waals surface area contributed by atoms with Crippen LogP contribution < -0.4 is 4.74 Å². The molecule has 0 aliphatic rings. The van der Waals surface area contributed by atoms with E-state index in [1.165, 1.54) is 0 Å². The largest absolute Gasteiger partial charge is 0.489 e. The van der Waals surface area contributed by atoms with Gasteiger partial charge in [-0.25, -0.2) is 0 Å². The summed E-state index contributed by atoms with van der Waals surface area (Å²) in [7, 11) is 0. The molecule has 0 N–H and O–H groups in total. The fourth-order valence-corrected chi connectivity index (χ4v) is 2.35. The van der Waals surface area contributed by atoms with Gasteiger partial charge >= 0.3 is 0 Å². The molecule has 0 amide bonds. The van der Waals surface area contributed by atoms with E-state index in [0.717, 1.165) is 12.0 Å². The van der Waals surface area contributed by atoms with Gasteiger partial charge in [0.05, 0.1) is 12.3 Å². The molecule has 3 nitrogen and oxygen atoms in total. The topological polar surface area (TPSA) is 39.2 Å². The molecule has 0 saturated carbocycles. The van der Waals surface area contributed by atoms with Crippen molar-refractivity contribution in [3.63, 3.8) is 0 Å². The van der Waals surface area contributed by atoms with Crippen molar-refractivity contribution in [1.82, 2.24) is 4.98 Å². The molecule has 1 atom stereocenters. The van der Waals surface area contributed by atoms with Crippen LogP contribution in [-0.2, 0) is 0 Å². The van der Waals surface area contributed by atoms with Crippen molar-refractivity contribution in [3.8, 4) is 5.75 Å². The fourth-order valence-electron chi connectivity index (χ4n) is 2.35. The van der Waals surface area contributed by atoms with Gasteiger partial charge < -0.3 is 4.74 Å². The first-order valence-electron chi connectivity index (χ1n) is 7.32. The number of hydrogen-bond acceptors (Lipinski definition) is 3. The van der Waals surface area contributed by atoms with Crippen molar-refractivity contribution in [2.24, 2.45) is 0 Å². The van der Waals surface area contributed by atoms with Crippen molar-refractivity contribution in [1.29, 1.82) is 0 Å². The molecule has 2 rings (SSSR count). The fraction of sp³-hybridized carbons (Fsp3) is 0.333. The Kier molecular flexibility index (Phi) is 5.09. The third-order valence-electron chi connectivity index (χ3n) is 3.30. The molecule has 1 unspecified atom stereocenters. The number of benzene rings is 1. The lowest BCUT2D eigenvalue weighted by Crippen LogP contribution is -2.13. The summed E-state index contributed by atoms with van der Waals surface area (Å²) < 4.78 is 5.61. The maximum absolute atomic E-state index is 12.7. The van der Waals surface area contributed by atoms with Crippen molar-refractivity contribution < 1.29 is 9.53 Å². The minimum atomic E-state index is -0.137. The Balaban J connectivity index is 2.26. The average molecular weight is 283 g/mol. The molecule has 0 radical (unpaired) electrons. The summed E-state index contributed by atoms with van der Waals surface area (Å²) in [5.74, 6) is 0.589. The van der Waals surface area contributed by atoms with Gasteiger partial charge in [-0.1, -0.05) is 37.3 Å². The van der Waals surface area contributed by atoms with Gasteiger partial charge in [0.15, 0.2) is 5.78 Å². The van der Waals surface area contributed by atoms with E-state index in [0.29, 0.717) is 11.3 Å². The van der Waals surface area contributed by atoms with Crippen LogP contribution in [0.25, 0.3) is 0 Å². The highest BCUT2D eigenvalue weighted by molar-refractivity contribution is 6.01. The minimum absolute atomic E-state index is 0.0632. The first-order valence-corrected chi connectivity index (χ1v) is 7.32. The molecule has 0 fully saturated rings.